The Balaban J connectivity index is 2.36. The molecule has 4 heteroatoms. The van der Waals surface area contributed by atoms with Crippen LogP contribution < -0.4 is 5.32 Å². The van der Waals surface area contributed by atoms with E-state index in [1.54, 1.807) is 0 Å². The largest absolute Gasteiger partial charge is 0.392 e. The van der Waals surface area contributed by atoms with E-state index in [1.807, 2.05) is 6.92 Å². The van der Waals surface area contributed by atoms with Gasteiger partial charge in [-0.1, -0.05) is 6.92 Å². The summed E-state index contributed by atoms with van der Waals surface area (Å²) in [5, 5.41) is 12.9. The molecule has 0 bridgehead atoms. The summed E-state index contributed by atoms with van der Waals surface area (Å²) < 4.78 is 5.54. The van der Waals surface area contributed by atoms with Gasteiger partial charge in [0, 0.05) is 31.7 Å². The first-order valence-corrected chi connectivity index (χ1v) is 6.31. The van der Waals surface area contributed by atoms with Crippen LogP contribution in [0.5, 0.6) is 0 Å². The summed E-state index contributed by atoms with van der Waals surface area (Å²) in [6.07, 6.45) is 0.841. The number of aliphatic hydroxyl groups excluding tert-OH is 1. The number of nitrogens with one attached hydrogen (secondary N) is 1. The van der Waals surface area contributed by atoms with Gasteiger partial charge in [0.2, 0.25) is 0 Å². The van der Waals surface area contributed by atoms with E-state index < -0.39 is 0 Å². The van der Waals surface area contributed by atoms with Gasteiger partial charge < -0.3 is 20.1 Å². The molecule has 3 atom stereocenters. The van der Waals surface area contributed by atoms with Gasteiger partial charge in [-0.15, -0.1) is 0 Å². The van der Waals surface area contributed by atoms with Crippen LogP contribution in [0.25, 0.3) is 0 Å². The molecule has 2 N–H and O–H groups in total. The van der Waals surface area contributed by atoms with Crippen molar-refractivity contribution in [2.45, 2.75) is 32.4 Å². The summed E-state index contributed by atoms with van der Waals surface area (Å²) in [4.78, 5) is 2.19. The van der Waals surface area contributed by atoms with Crippen LogP contribution >= 0.6 is 0 Å². The first kappa shape index (κ1) is 13.9. The molecule has 0 aromatic heterocycles. The van der Waals surface area contributed by atoms with Crippen molar-refractivity contribution in [3.8, 4) is 0 Å². The summed E-state index contributed by atoms with van der Waals surface area (Å²) in [6.45, 7) is 8.41. The number of hydrogen-bond donors (Lipinski definition) is 2. The minimum Gasteiger partial charge on any atom is -0.392 e. The van der Waals surface area contributed by atoms with Gasteiger partial charge in [0.05, 0.1) is 12.7 Å². The normalized spacial score (nSPS) is 28.3. The van der Waals surface area contributed by atoms with Crippen molar-refractivity contribution >= 4 is 0 Å². The number of ether oxygens (including phenoxy) is 1. The first-order chi connectivity index (χ1) is 7.63. The van der Waals surface area contributed by atoms with Crippen LogP contribution in [-0.2, 0) is 4.74 Å². The maximum atomic E-state index is 9.33. The lowest BCUT2D eigenvalue weighted by Crippen LogP contribution is -2.47. The highest BCUT2D eigenvalue weighted by molar-refractivity contribution is 4.81. The van der Waals surface area contributed by atoms with E-state index in [2.05, 4.69) is 24.2 Å². The number of hydrogen-bond acceptors (Lipinski definition) is 4. The summed E-state index contributed by atoms with van der Waals surface area (Å²) in [7, 11) is 2.06. The van der Waals surface area contributed by atoms with Crippen LogP contribution in [0.4, 0.5) is 0 Å². The van der Waals surface area contributed by atoms with Crippen molar-refractivity contribution in [3.63, 3.8) is 0 Å². The molecule has 0 spiro atoms. The molecule has 1 aliphatic heterocycles. The van der Waals surface area contributed by atoms with E-state index in [4.69, 9.17) is 4.74 Å². The van der Waals surface area contributed by atoms with Gasteiger partial charge in [0.25, 0.3) is 0 Å². The third kappa shape index (κ3) is 4.78. The van der Waals surface area contributed by atoms with Crippen LogP contribution in [0.2, 0.25) is 0 Å². The van der Waals surface area contributed by atoms with Crippen molar-refractivity contribution in [3.05, 3.63) is 0 Å². The summed E-state index contributed by atoms with van der Waals surface area (Å²) in [5.41, 5.74) is 0. The van der Waals surface area contributed by atoms with E-state index >= 15 is 0 Å². The standard InChI is InChI=1S/C12H26N2O2/c1-4-13-12-5-6-16-9-11(12)8-14(3)7-10(2)15/h10-13,15H,4-9H2,1-3H3. The Morgan fingerprint density at radius 2 is 2.31 bits per heavy atom. The van der Waals surface area contributed by atoms with Gasteiger partial charge in [0.1, 0.15) is 0 Å². The summed E-state index contributed by atoms with van der Waals surface area (Å²) >= 11 is 0. The third-order valence-electron chi connectivity index (χ3n) is 3.06. The molecule has 0 aromatic carbocycles. The minimum absolute atomic E-state index is 0.257. The Morgan fingerprint density at radius 3 is 2.94 bits per heavy atom. The maximum absolute atomic E-state index is 9.33. The van der Waals surface area contributed by atoms with Gasteiger partial charge in [0.15, 0.2) is 0 Å². The van der Waals surface area contributed by atoms with Crippen molar-refractivity contribution in [2.24, 2.45) is 5.92 Å². The number of aliphatic hydroxyl groups is 1. The Morgan fingerprint density at radius 1 is 1.56 bits per heavy atom. The fraction of sp³-hybridized carbons (Fsp3) is 1.00. The smallest absolute Gasteiger partial charge is 0.0638 e. The number of rotatable bonds is 6. The molecule has 0 amide bonds. The van der Waals surface area contributed by atoms with Crippen LogP contribution in [0.1, 0.15) is 20.3 Å². The van der Waals surface area contributed by atoms with Gasteiger partial charge >= 0.3 is 0 Å². The maximum Gasteiger partial charge on any atom is 0.0638 e. The summed E-state index contributed by atoms with van der Waals surface area (Å²) in [5.74, 6) is 0.539. The SMILES string of the molecule is CCNC1CCOCC1CN(C)CC(C)O. The van der Waals surface area contributed by atoms with Crippen LogP contribution in [0.3, 0.4) is 0 Å². The second kappa shape index (κ2) is 7.22. The molecule has 3 unspecified atom stereocenters. The van der Waals surface area contributed by atoms with Gasteiger partial charge in [-0.25, -0.2) is 0 Å². The molecule has 0 aliphatic carbocycles. The second-order valence-corrected chi connectivity index (χ2v) is 4.86. The fourth-order valence-electron chi connectivity index (χ4n) is 2.43. The third-order valence-corrected chi connectivity index (χ3v) is 3.06. The lowest BCUT2D eigenvalue weighted by molar-refractivity contribution is 0.0153. The van der Waals surface area contributed by atoms with Crippen molar-refractivity contribution in [2.75, 3.05) is 39.9 Å². The van der Waals surface area contributed by atoms with E-state index in [9.17, 15) is 5.11 Å². The van der Waals surface area contributed by atoms with E-state index in [1.165, 1.54) is 0 Å². The lowest BCUT2D eigenvalue weighted by atomic mass is 9.95. The molecule has 4 nitrogen and oxygen atoms in total. The molecule has 16 heavy (non-hydrogen) atoms. The van der Waals surface area contributed by atoms with Gasteiger partial charge in [-0.2, -0.15) is 0 Å². The van der Waals surface area contributed by atoms with E-state index in [-0.39, 0.29) is 6.10 Å². The zero-order chi connectivity index (χ0) is 12.0. The predicted molar refractivity (Wildman–Crippen MR) is 65.6 cm³/mol. The van der Waals surface area contributed by atoms with Crippen LogP contribution in [0.15, 0.2) is 0 Å². The molecule has 1 rings (SSSR count). The Bertz CT molecular complexity index is 186. The minimum atomic E-state index is -0.257. The highest BCUT2D eigenvalue weighted by Crippen LogP contribution is 2.15. The number of likely N-dealkylation sites (N-methyl/N-ethyl adjacent to an activating group) is 1. The molecule has 1 saturated heterocycles. The fourth-order valence-corrected chi connectivity index (χ4v) is 2.43. The highest BCUT2D eigenvalue weighted by Gasteiger charge is 2.26. The molecule has 0 aromatic rings. The number of nitrogens with zero attached hydrogens (tertiary/aromatic N) is 1. The van der Waals surface area contributed by atoms with E-state index in [0.29, 0.717) is 12.0 Å². The second-order valence-electron chi connectivity index (χ2n) is 4.86. The molecule has 1 heterocycles. The molecular weight excluding hydrogens is 204 g/mol. The van der Waals surface area contributed by atoms with Crippen molar-refractivity contribution in [1.29, 1.82) is 0 Å². The Kier molecular flexibility index (Phi) is 6.28. The Labute approximate surface area is 99.0 Å². The van der Waals surface area contributed by atoms with Crippen LogP contribution in [0, 0.1) is 5.92 Å². The monoisotopic (exact) mass is 230 g/mol. The lowest BCUT2D eigenvalue weighted by Gasteiger charge is -2.35. The predicted octanol–water partition coefficient (Wildman–Crippen LogP) is 0.314. The van der Waals surface area contributed by atoms with Crippen molar-refractivity contribution < 1.29 is 9.84 Å². The molecule has 96 valence electrons. The topological polar surface area (TPSA) is 44.7 Å². The zero-order valence-corrected chi connectivity index (χ0v) is 10.8. The van der Waals surface area contributed by atoms with E-state index in [0.717, 1.165) is 39.3 Å². The van der Waals surface area contributed by atoms with Gasteiger partial charge in [-0.3, -0.25) is 0 Å². The molecule has 1 aliphatic rings. The summed E-state index contributed by atoms with van der Waals surface area (Å²) in [6, 6.07) is 0.565. The Hall–Kier alpha value is -0.160. The van der Waals surface area contributed by atoms with Crippen LogP contribution in [-0.4, -0.2) is 62.0 Å². The average Bonchev–Trinajstić information content (AvgIpc) is 2.20. The molecule has 0 saturated carbocycles. The zero-order valence-electron chi connectivity index (χ0n) is 10.8. The molecule has 0 radical (unpaired) electrons. The molecule has 1 fully saturated rings. The first-order valence-electron chi connectivity index (χ1n) is 6.31. The quantitative estimate of drug-likeness (QED) is 0.689. The highest BCUT2D eigenvalue weighted by atomic mass is 16.5. The average molecular weight is 230 g/mol. The molecular formula is C12H26N2O2. The van der Waals surface area contributed by atoms with Crippen molar-refractivity contribution in [1.82, 2.24) is 10.2 Å². The van der Waals surface area contributed by atoms with Gasteiger partial charge in [-0.05, 0) is 26.9 Å².